The molecule has 2 aliphatic heterocycles. The Morgan fingerprint density at radius 1 is 1.13 bits per heavy atom. The van der Waals surface area contributed by atoms with Crippen molar-refractivity contribution in [1.82, 2.24) is 24.5 Å². The number of benzene rings is 1. The minimum absolute atomic E-state index is 0.174. The summed E-state index contributed by atoms with van der Waals surface area (Å²) >= 11 is 0. The van der Waals surface area contributed by atoms with Gasteiger partial charge in [0.1, 0.15) is 0 Å². The summed E-state index contributed by atoms with van der Waals surface area (Å²) < 4.78 is 7.07. The highest BCUT2D eigenvalue weighted by Crippen LogP contribution is 2.25. The minimum Gasteiger partial charge on any atom is -0.450 e. The molecule has 2 saturated heterocycles. The molecule has 1 aromatic carbocycles. The Kier molecular flexibility index (Phi) is 6.69. The predicted molar refractivity (Wildman–Crippen MR) is 117 cm³/mol. The number of amides is 1. The number of hydrogen-bond acceptors (Lipinski definition) is 5. The molecule has 0 bridgehead atoms. The smallest absolute Gasteiger partial charge is 0.409 e. The lowest BCUT2D eigenvalue weighted by Gasteiger charge is -2.43. The molecule has 2 fully saturated rings. The number of carbonyl (C=O) groups excluding carboxylic acids is 1. The number of carbonyl (C=O) groups is 1. The van der Waals surface area contributed by atoms with Crippen molar-refractivity contribution in [3.8, 4) is 11.3 Å². The van der Waals surface area contributed by atoms with E-state index in [4.69, 9.17) is 9.84 Å². The van der Waals surface area contributed by atoms with E-state index in [0.717, 1.165) is 51.5 Å². The molecule has 7 heteroatoms. The molecule has 30 heavy (non-hydrogen) atoms. The number of ether oxygens (including phenoxy) is 1. The van der Waals surface area contributed by atoms with Crippen LogP contribution in [0.4, 0.5) is 4.79 Å². The molecule has 2 aliphatic rings. The van der Waals surface area contributed by atoms with Gasteiger partial charge in [0, 0.05) is 69.7 Å². The van der Waals surface area contributed by atoms with Crippen LogP contribution in [0, 0.1) is 0 Å². The molecule has 1 atom stereocenters. The number of hydrogen-bond donors (Lipinski definition) is 0. The second-order valence-corrected chi connectivity index (χ2v) is 8.30. The van der Waals surface area contributed by atoms with E-state index in [1.807, 2.05) is 29.6 Å². The Bertz CT molecular complexity index is 829. The van der Waals surface area contributed by atoms with Gasteiger partial charge in [-0.1, -0.05) is 30.3 Å². The number of rotatable bonds is 5. The van der Waals surface area contributed by atoms with Crippen LogP contribution in [0.25, 0.3) is 11.3 Å². The van der Waals surface area contributed by atoms with Gasteiger partial charge in [-0.3, -0.25) is 14.5 Å². The molecule has 0 aliphatic carbocycles. The average molecular weight is 412 g/mol. The molecule has 0 saturated carbocycles. The van der Waals surface area contributed by atoms with E-state index in [1.54, 1.807) is 0 Å². The van der Waals surface area contributed by atoms with Crippen molar-refractivity contribution < 1.29 is 9.53 Å². The molecular weight excluding hydrogens is 378 g/mol. The third kappa shape index (κ3) is 4.84. The van der Waals surface area contributed by atoms with Gasteiger partial charge < -0.3 is 9.64 Å². The Morgan fingerprint density at radius 3 is 2.63 bits per heavy atom. The van der Waals surface area contributed by atoms with E-state index in [1.165, 1.54) is 24.0 Å². The zero-order chi connectivity index (χ0) is 20.9. The lowest BCUT2D eigenvalue weighted by atomic mass is 10.0. The lowest BCUT2D eigenvalue weighted by Crippen LogP contribution is -2.55. The normalized spacial score (nSPS) is 21.0. The van der Waals surface area contributed by atoms with Crippen LogP contribution in [-0.2, 0) is 18.3 Å². The van der Waals surface area contributed by atoms with E-state index in [9.17, 15) is 4.79 Å². The Morgan fingerprint density at radius 2 is 1.90 bits per heavy atom. The molecular formula is C23H33N5O2. The summed E-state index contributed by atoms with van der Waals surface area (Å²) in [6.07, 6.45) is 4.43. The van der Waals surface area contributed by atoms with Crippen LogP contribution >= 0.6 is 0 Å². The van der Waals surface area contributed by atoms with Crippen LogP contribution in [0.3, 0.4) is 0 Å². The van der Waals surface area contributed by atoms with Crippen molar-refractivity contribution in [2.75, 3.05) is 45.9 Å². The molecule has 3 heterocycles. The SMILES string of the molecule is CCOC(=O)N1CCN(C2CCCN(Cc3cn(C)nc3-c3ccccc3)C2)CC1. The lowest BCUT2D eigenvalue weighted by molar-refractivity contribution is 0.0413. The number of aromatic nitrogens is 2. The topological polar surface area (TPSA) is 53.8 Å². The van der Waals surface area contributed by atoms with Gasteiger partial charge in [0.2, 0.25) is 0 Å². The van der Waals surface area contributed by atoms with Gasteiger partial charge in [0.05, 0.1) is 12.3 Å². The second kappa shape index (κ2) is 9.62. The zero-order valence-corrected chi connectivity index (χ0v) is 18.2. The molecule has 0 spiro atoms. The summed E-state index contributed by atoms with van der Waals surface area (Å²) in [6.45, 7) is 8.81. The van der Waals surface area contributed by atoms with Crippen LogP contribution in [0.5, 0.6) is 0 Å². The maximum Gasteiger partial charge on any atom is 0.409 e. The Hall–Kier alpha value is -2.38. The first-order chi connectivity index (χ1) is 14.6. The summed E-state index contributed by atoms with van der Waals surface area (Å²) in [7, 11) is 2.00. The van der Waals surface area contributed by atoms with Gasteiger partial charge in [0.15, 0.2) is 0 Å². The minimum atomic E-state index is -0.174. The standard InChI is InChI=1S/C23H33N5O2/c1-3-30-23(29)28-14-12-27(13-15-28)21-10-7-11-26(18-21)17-20-16-25(2)24-22(20)19-8-5-4-6-9-19/h4-6,8-9,16,21H,3,7,10-15,17-18H2,1-2H3. The third-order valence-electron chi connectivity index (χ3n) is 6.18. The fraction of sp³-hybridized carbons (Fsp3) is 0.565. The molecule has 7 nitrogen and oxygen atoms in total. The summed E-state index contributed by atoms with van der Waals surface area (Å²) in [5, 5.41) is 4.73. The van der Waals surface area contributed by atoms with Gasteiger partial charge >= 0.3 is 6.09 Å². The van der Waals surface area contributed by atoms with Gasteiger partial charge in [-0.25, -0.2) is 4.79 Å². The molecule has 1 unspecified atom stereocenters. The molecule has 1 aromatic heterocycles. The van der Waals surface area contributed by atoms with Gasteiger partial charge in [-0.2, -0.15) is 5.10 Å². The summed E-state index contributed by atoms with van der Waals surface area (Å²) in [4.78, 5) is 18.9. The highest BCUT2D eigenvalue weighted by Gasteiger charge is 2.30. The van der Waals surface area contributed by atoms with Crippen molar-refractivity contribution in [2.24, 2.45) is 7.05 Å². The maximum absolute atomic E-state index is 12.0. The first-order valence-corrected chi connectivity index (χ1v) is 11.1. The molecule has 4 rings (SSSR count). The van der Waals surface area contributed by atoms with Crippen molar-refractivity contribution in [3.63, 3.8) is 0 Å². The van der Waals surface area contributed by atoms with Crippen LogP contribution in [0.2, 0.25) is 0 Å². The molecule has 2 aromatic rings. The first-order valence-electron chi connectivity index (χ1n) is 11.1. The summed E-state index contributed by atoms with van der Waals surface area (Å²) in [5.74, 6) is 0. The predicted octanol–water partition coefficient (Wildman–Crippen LogP) is 2.83. The van der Waals surface area contributed by atoms with Crippen molar-refractivity contribution in [2.45, 2.75) is 32.4 Å². The van der Waals surface area contributed by atoms with Crippen LogP contribution in [-0.4, -0.2) is 82.5 Å². The number of nitrogens with zero attached hydrogens (tertiary/aromatic N) is 5. The van der Waals surface area contributed by atoms with E-state index in [0.29, 0.717) is 12.6 Å². The number of piperidine rings is 1. The number of likely N-dealkylation sites (tertiary alicyclic amines) is 1. The average Bonchev–Trinajstić information content (AvgIpc) is 3.15. The molecule has 0 radical (unpaired) electrons. The summed E-state index contributed by atoms with van der Waals surface area (Å²) in [6, 6.07) is 11.0. The first kappa shape index (κ1) is 20.9. The quantitative estimate of drug-likeness (QED) is 0.757. The third-order valence-corrected chi connectivity index (χ3v) is 6.18. The highest BCUT2D eigenvalue weighted by molar-refractivity contribution is 5.67. The number of piperazine rings is 1. The molecule has 0 N–H and O–H groups in total. The Labute approximate surface area is 179 Å². The monoisotopic (exact) mass is 411 g/mol. The van der Waals surface area contributed by atoms with Crippen LogP contribution < -0.4 is 0 Å². The number of aryl methyl sites for hydroxylation is 1. The largest absolute Gasteiger partial charge is 0.450 e. The molecule has 162 valence electrons. The van der Waals surface area contributed by atoms with Crippen molar-refractivity contribution in [1.29, 1.82) is 0 Å². The van der Waals surface area contributed by atoms with Crippen LogP contribution in [0.1, 0.15) is 25.3 Å². The van der Waals surface area contributed by atoms with E-state index in [-0.39, 0.29) is 6.09 Å². The maximum atomic E-state index is 12.0. The zero-order valence-electron chi connectivity index (χ0n) is 18.2. The Balaban J connectivity index is 1.36. The van der Waals surface area contributed by atoms with E-state index in [2.05, 4.69) is 40.3 Å². The summed E-state index contributed by atoms with van der Waals surface area (Å²) in [5.41, 5.74) is 3.55. The second-order valence-electron chi connectivity index (χ2n) is 8.30. The van der Waals surface area contributed by atoms with E-state index >= 15 is 0 Å². The fourth-order valence-corrected chi connectivity index (χ4v) is 4.69. The van der Waals surface area contributed by atoms with Gasteiger partial charge in [-0.15, -0.1) is 0 Å². The highest BCUT2D eigenvalue weighted by atomic mass is 16.6. The van der Waals surface area contributed by atoms with Crippen LogP contribution in [0.15, 0.2) is 36.5 Å². The molecule has 1 amide bonds. The van der Waals surface area contributed by atoms with Gasteiger partial charge in [-0.05, 0) is 26.3 Å². The van der Waals surface area contributed by atoms with Gasteiger partial charge in [0.25, 0.3) is 0 Å². The van der Waals surface area contributed by atoms with Crippen molar-refractivity contribution in [3.05, 3.63) is 42.1 Å². The fourth-order valence-electron chi connectivity index (χ4n) is 4.69. The van der Waals surface area contributed by atoms with Crippen molar-refractivity contribution >= 4 is 6.09 Å². The van der Waals surface area contributed by atoms with E-state index < -0.39 is 0 Å².